The van der Waals surface area contributed by atoms with E-state index in [2.05, 4.69) is 37.1 Å². The van der Waals surface area contributed by atoms with E-state index in [1.54, 1.807) is 12.5 Å². The summed E-state index contributed by atoms with van der Waals surface area (Å²) in [6.45, 7) is 7.26. The van der Waals surface area contributed by atoms with Crippen LogP contribution in [0.2, 0.25) is 5.02 Å². The summed E-state index contributed by atoms with van der Waals surface area (Å²) in [6.07, 6.45) is 5.47. The summed E-state index contributed by atoms with van der Waals surface area (Å²) in [4.78, 5) is 4.08. The molecule has 3 nitrogen and oxygen atoms in total. The minimum Gasteiger partial charge on any atom is -0.308 e. The molecule has 2 aromatic rings. The van der Waals surface area contributed by atoms with Crippen LogP contribution in [0.4, 0.5) is 0 Å². The Morgan fingerprint density at radius 1 is 1.33 bits per heavy atom. The molecule has 0 amide bonds. The van der Waals surface area contributed by atoms with Crippen LogP contribution in [0.5, 0.6) is 0 Å². The third kappa shape index (κ3) is 3.34. The standard InChI is InChI=1S/C14H18ClN3/c1-14(2,3)17-9-11-4-5-12(15)8-13(11)18-7-6-16-10-18/h4-8,10,17H,9H2,1-3H3. The number of nitrogens with zero attached hydrogens (tertiary/aromatic N) is 2. The van der Waals surface area contributed by atoms with Gasteiger partial charge in [0.05, 0.1) is 12.0 Å². The lowest BCUT2D eigenvalue weighted by molar-refractivity contribution is 0.424. The molecule has 0 saturated carbocycles. The molecule has 1 N–H and O–H groups in total. The van der Waals surface area contributed by atoms with E-state index in [9.17, 15) is 0 Å². The fourth-order valence-electron chi connectivity index (χ4n) is 1.69. The first-order chi connectivity index (χ1) is 8.46. The van der Waals surface area contributed by atoms with E-state index >= 15 is 0 Å². The summed E-state index contributed by atoms with van der Waals surface area (Å²) < 4.78 is 1.98. The first kappa shape index (κ1) is 13.1. The maximum absolute atomic E-state index is 6.07. The average molecular weight is 264 g/mol. The van der Waals surface area contributed by atoms with Crippen LogP contribution in [0.1, 0.15) is 26.3 Å². The molecular formula is C14H18ClN3. The number of halogens is 1. The molecule has 0 aliphatic rings. The van der Waals surface area contributed by atoms with E-state index in [0.29, 0.717) is 0 Å². The largest absolute Gasteiger partial charge is 0.308 e. The summed E-state index contributed by atoms with van der Waals surface area (Å²) in [7, 11) is 0. The molecule has 0 atom stereocenters. The maximum Gasteiger partial charge on any atom is 0.0991 e. The molecule has 0 aliphatic heterocycles. The van der Waals surface area contributed by atoms with Gasteiger partial charge < -0.3 is 9.88 Å². The van der Waals surface area contributed by atoms with Crippen molar-refractivity contribution in [3.63, 3.8) is 0 Å². The van der Waals surface area contributed by atoms with Crippen LogP contribution >= 0.6 is 11.6 Å². The van der Waals surface area contributed by atoms with E-state index < -0.39 is 0 Å². The Labute approximate surface area is 113 Å². The van der Waals surface area contributed by atoms with Crippen LogP contribution in [0.15, 0.2) is 36.9 Å². The lowest BCUT2D eigenvalue weighted by Crippen LogP contribution is -2.35. The normalized spacial score (nSPS) is 11.8. The lowest BCUT2D eigenvalue weighted by Gasteiger charge is -2.22. The van der Waals surface area contributed by atoms with Crippen LogP contribution in [-0.4, -0.2) is 15.1 Å². The smallest absolute Gasteiger partial charge is 0.0991 e. The van der Waals surface area contributed by atoms with Crippen molar-refractivity contribution in [2.24, 2.45) is 0 Å². The van der Waals surface area contributed by atoms with Gasteiger partial charge in [0.1, 0.15) is 0 Å². The Morgan fingerprint density at radius 3 is 2.72 bits per heavy atom. The summed E-state index contributed by atoms with van der Waals surface area (Å²) in [5.74, 6) is 0. The van der Waals surface area contributed by atoms with Crippen molar-refractivity contribution in [1.82, 2.24) is 14.9 Å². The molecule has 96 valence electrons. The van der Waals surface area contributed by atoms with E-state index in [0.717, 1.165) is 17.3 Å². The van der Waals surface area contributed by atoms with Gasteiger partial charge in [0.2, 0.25) is 0 Å². The fraction of sp³-hybridized carbons (Fsp3) is 0.357. The van der Waals surface area contributed by atoms with Crippen LogP contribution in [0.25, 0.3) is 5.69 Å². The van der Waals surface area contributed by atoms with Crippen LogP contribution in [0, 0.1) is 0 Å². The summed E-state index contributed by atoms with van der Waals surface area (Å²) in [5.41, 5.74) is 2.36. The van der Waals surface area contributed by atoms with Gasteiger partial charge in [0.15, 0.2) is 0 Å². The quantitative estimate of drug-likeness (QED) is 0.920. The molecule has 0 spiro atoms. The minimum atomic E-state index is 0.0891. The van der Waals surface area contributed by atoms with E-state index in [1.165, 1.54) is 5.56 Å². The van der Waals surface area contributed by atoms with Crippen LogP contribution in [-0.2, 0) is 6.54 Å². The Hall–Kier alpha value is -1.32. The predicted octanol–water partition coefficient (Wildman–Crippen LogP) is 3.41. The zero-order valence-corrected chi connectivity index (χ0v) is 11.7. The van der Waals surface area contributed by atoms with Gasteiger partial charge >= 0.3 is 0 Å². The SMILES string of the molecule is CC(C)(C)NCc1ccc(Cl)cc1-n1ccnc1. The molecular weight excluding hydrogens is 246 g/mol. The highest BCUT2D eigenvalue weighted by Crippen LogP contribution is 2.20. The highest BCUT2D eigenvalue weighted by atomic mass is 35.5. The van der Waals surface area contributed by atoms with Gasteiger partial charge in [-0.05, 0) is 38.5 Å². The number of imidazole rings is 1. The Morgan fingerprint density at radius 2 is 2.11 bits per heavy atom. The molecule has 1 aromatic carbocycles. The number of aromatic nitrogens is 2. The van der Waals surface area contributed by atoms with Crippen molar-refractivity contribution >= 4 is 11.6 Å². The lowest BCUT2D eigenvalue weighted by atomic mass is 10.1. The highest BCUT2D eigenvalue weighted by molar-refractivity contribution is 6.30. The van der Waals surface area contributed by atoms with E-state index in [4.69, 9.17) is 11.6 Å². The van der Waals surface area contributed by atoms with Gasteiger partial charge in [-0.3, -0.25) is 0 Å². The highest BCUT2D eigenvalue weighted by Gasteiger charge is 2.11. The van der Waals surface area contributed by atoms with Crippen molar-refractivity contribution in [2.75, 3.05) is 0 Å². The van der Waals surface area contributed by atoms with Crippen molar-refractivity contribution < 1.29 is 0 Å². The summed E-state index contributed by atoms with van der Waals surface area (Å²) in [5, 5.41) is 4.22. The molecule has 0 aliphatic carbocycles. The molecule has 0 bridgehead atoms. The van der Waals surface area contributed by atoms with Gasteiger partial charge in [0, 0.05) is 29.5 Å². The van der Waals surface area contributed by atoms with Gasteiger partial charge in [0.25, 0.3) is 0 Å². The van der Waals surface area contributed by atoms with Crippen molar-refractivity contribution in [1.29, 1.82) is 0 Å². The molecule has 0 fully saturated rings. The number of hydrogen-bond donors (Lipinski definition) is 1. The predicted molar refractivity (Wildman–Crippen MR) is 75.2 cm³/mol. The van der Waals surface area contributed by atoms with Crippen molar-refractivity contribution in [3.8, 4) is 5.69 Å². The second kappa shape index (κ2) is 5.12. The first-order valence-corrected chi connectivity index (χ1v) is 6.35. The zero-order chi connectivity index (χ0) is 13.2. The maximum atomic E-state index is 6.07. The third-order valence-electron chi connectivity index (χ3n) is 2.64. The summed E-state index contributed by atoms with van der Waals surface area (Å²) >= 11 is 6.07. The Balaban J connectivity index is 2.30. The van der Waals surface area contributed by atoms with E-state index in [-0.39, 0.29) is 5.54 Å². The molecule has 1 aromatic heterocycles. The number of benzene rings is 1. The number of nitrogens with one attached hydrogen (secondary N) is 1. The first-order valence-electron chi connectivity index (χ1n) is 5.97. The topological polar surface area (TPSA) is 29.9 Å². The number of hydrogen-bond acceptors (Lipinski definition) is 2. The second-order valence-corrected chi connectivity index (χ2v) is 5.78. The van der Waals surface area contributed by atoms with Crippen molar-refractivity contribution in [2.45, 2.75) is 32.9 Å². The molecule has 0 radical (unpaired) electrons. The second-order valence-electron chi connectivity index (χ2n) is 5.35. The molecule has 2 rings (SSSR count). The van der Waals surface area contributed by atoms with Gasteiger partial charge in [-0.1, -0.05) is 17.7 Å². The van der Waals surface area contributed by atoms with Gasteiger partial charge in [-0.25, -0.2) is 4.98 Å². The monoisotopic (exact) mass is 263 g/mol. The average Bonchev–Trinajstić information content (AvgIpc) is 2.79. The molecule has 4 heteroatoms. The minimum absolute atomic E-state index is 0.0891. The number of rotatable bonds is 3. The molecule has 0 unspecified atom stereocenters. The molecule has 18 heavy (non-hydrogen) atoms. The molecule has 0 saturated heterocycles. The van der Waals surface area contributed by atoms with Crippen LogP contribution < -0.4 is 5.32 Å². The Kier molecular flexibility index (Phi) is 3.73. The van der Waals surface area contributed by atoms with Gasteiger partial charge in [-0.15, -0.1) is 0 Å². The van der Waals surface area contributed by atoms with Crippen molar-refractivity contribution in [3.05, 3.63) is 47.5 Å². The Bertz CT molecular complexity index is 512. The summed E-state index contributed by atoms with van der Waals surface area (Å²) in [6, 6.07) is 5.93. The fourth-order valence-corrected chi connectivity index (χ4v) is 1.86. The van der Waals surface area contributed by atoms with Crippen LogP contribution in [0.3, 0.4) is 0 Å². The van der Waals surface area contributed by atoms with E-state index in [1.807, 2.05) is 22.9 Å². The zero-order valence-electron chi connectivity index (χ0n) is 10.9. The van der Waals surface area contributed by atoms with Gasteiger partial charge in [-0.2, -0.15) is 0 Å². The molecule has 1 heterocycles. The third-order valence-corrected chi connectivity index (χ3v) is 2.87.